The van der Waals surface area contributed by atoms with E-state index in [9.17, 15) is 0 Å². The van der Waals surface area contributed by atoms with Gasteiger partial charge >= 0.3 is 0 Å². The second-order valence-corrected chi connectivity index (χ2v) is 15.1. The lowest BCUT2D eigenvalue weighted by Gasteiger charge is -2.14. The van der Waals surface area contributed by atoms with Gasteiger partial charge in [0.25, 0.3) is 0 Å². The first-order valence-electron chi connectivity index (χ1n) is 20.5. The van der Waals surface area contributed by atoms with Gasteiger partial charge in [-0.1, -0.05) is 109 Å². The first kappa shape index (κ1) is 35.7. The van der Waals surface area contributed by atoms with E-state index < -0.39 is 0 Å². The van der Waals surface area contributed by atoms with Gasteiger partial charge in [-0.05, 0) is 186 Å². The first-order chi connectivity index (χ1) is 26.3. The minimum atomic E-state index is 1.09. The van der Waals surface area contributed by atoms with Crippen LogP contribution in [-0.4, -0.2) is 52.4 Å². The third-order valence-electron chi connectivity index (χ3n) is 11.4. The van der Waals surface area contributed by atoms with Gasteiger partial charge in [-0.2, -0.15) is 0 Å². The van der Waals surface area contributed by atoms with E-state index in [0.29, 0.717) is 0 Å². The highest BCUT2D eigenvalue weighted by Gasteiger charge is 2.13. The van der Waals surface area contributed by atoms with Gasteiger partial charge in [0.05, 0.1) is 0 Å². The Morgan fingerprint density at radius 1 is 0.283 bits per heavy atom. The van der Waals surface area contributed by atoms with Crippen LogP contribution in [0.5, 0.6) is 0 Å². The SMILES string of the molecule is c1cc2ccc3cccc4c(CCCCNCCCNCCCNCCCNCCCCc5cc6cccc7ccc8cccc5c8c76)cc(c1)c2c34. The molecule has 0 aromatic heterocycles. The molecule has 4 N–H and O–H groups in total. The summed E-state index contributed by atoms with van der Waals surface area (Å²) in [5.74, 6) is 0. The van der Waals surface area contributed by atoms with Crippen molar-refractivity contribution in [2.24, 2.45) is 0 Å². The van der Waals surface area contributed by atoms with Crippen LogP contribution in [-0.2, 0) is 12.8 Å². The Morgan fingerprint density at radius 3 is 1.00 bits per heavy atom. The van der Waals surface area contributed by atoms with Crippen molar-refractivity contribution in [2.75, 3.05) is 52.4 Å². The number of hydrogen-bond donors (Lipinski definition) is 4. The van der Waals surface area contributed by atoms with Crippen molar-refractivity contribution in [1.82, 2.24) is 21.3 Å². The first-order valence-corrected chi connectivity index (χ1v) is 20.5. The van der Waals surface area contributed by atoms with E-state index in [0.717, 1.165) is 65.2 Å². The average molecular weight is 701 g/mol. The number of hydrogen-bond acceptors (Lipinski definition) is 4. The molecule has 0 aliphatic heterocycles. The van der Waals surface area contributed by atoms with Gasteiger partial charge in [0.2, 0.25) is 0 Å². The van der Waals surface area contributed by atoms with Crippen LogP contribution in [0.25, 0.3) is 64.6 Å². The monoisotopic (exact) mass is 700 g/mol. The fourth-order valence-electron chi connectivity index (χ4n) is 8.73. The highest BCUT2D eigenvalue weighted by Crippen LogP contribution is 2.38. The Morgan fingerprint density at radius 2 is 0.604 bits per heavy atom. The maximum atomic E-state index is 3.67. The fourth-order valence-corrected chi connectivity index (χ4v) is 8.73. The molecule has 0 unspecified atom stereocenters. The van der Waals surface area contributed by atoms with Crippen molar-refractivity contribution in [3.8, 4) is 0 Å². The molecule has 0 saturated heterocycles. The van der Waals surface area contributed by atoms with Gasteiger partial charge in [-0.3, -0.25) is 0 Å². The number of benzene rings is 8. The molecule has 0 saturated carbocycles. The minimum Gasteiger partial charge on any atom is -0.317 e. The summed E-state index contributed by atoms with van der Waals surface area (Å²) in [6.45, 7) is 8.76. The maximum Gasteiger partial charge on any atom is -0.00240 e. The zero-order valence-electron chi connectivity index (χ0n) is 31.4. The van der Waals surface area contributed by atoms with Gasteiger partial charge < -0.3 is 21.3 Å². The topological polar surface area (TPSA) is 48.1 Å². The van der Waals surface area contributed by atoms with Crippen LogP contribution in [0.15, 0.2) is 109 Å². The molecule has 8 aromatic carbocycles. The standard InChI is InChI=1S/C49H56N4/c1(12-40-34-42-18-5-14-36-22-24-38-16-7-20-44(40)48(38)46(36)42)3-26-50-28-9-30-52-32-11-33-53-31-10-29-51-27-4-2-13-41-35-43-19-6-15-37-23-25-39-17-8-21-45(41)49(39)47(37)43/h5-8,14-25,34-35,50-53H,1-4,9-13,26-33H2. The van der Waals surface area contributed by atoms with E-state index in [-0.39, 0.29) is 0 Å². The van der Waals surface area contributed by atoms with Crippen molar-refractivity contribution in [3.63, 3.8) is 0 Å². The van der Waals surface area contributed by atoms with Crippen molar-refractivity contribution in [2.45, 2.75) is 57.8 Å². The lowest BCUT2D eigenvalue weighted by Crippen LogP contribution is -2.27. The molecule has 272 valence electrons. The summed E-state index contributed by atoms with van der Waals surface area (Å²) in [6.07, 6.45) is 10.7. The van der Waals surface area contributed by atoms with Gasteiger partial charge in [0.15, 0.2) is 0 Å². The summed E-state index contributed by atoms with van der Waals surface area (Å²) in [6, 6.07) is 41.0. The zero-order chi connectivity index (χ0) is 35.7. The van der Waals surface area contributed by atoms with Crippen LogP contribution in [0, 0.1) is 0 Å². The van der Waals surface area contributed by atoms with Gasteiger partial charge in [0, 0.05) is 0 Å². The van der Waals surface area contributed by atoms with E-state index in [4.69, 9.17) is 0 Å². The molecule has 0 spiro atoms. The molecule has 0 aliphatic carbocycles. The quantitative estimate of drug-likeness (QED) is 0.0420. The Kier molecular flexibility index (Phi) is 11.9. The minimum absolute atomic E-state index is 1.09. The summed E-state index contributed by atoms with van der Waals surface area (Å²) in [5, 5.41) is 31.4. The lowest BCUT2D eigenvalue weighted by atomic mass is 9.90. The van der Waals surface area contributed by atoms with Crippen LogP contribution >= 0.6 is 0 Å². The number of unbranched alkanes of at least 4 members (excludes halogenated alkanes) is 2. The van der Waals surface area contributed by atoms with Gasteiger partial charge in [-0.25, -0.2) is 0 Å². The average Bonchev–Trinajstić information content (AvgIpc) is 3.20. The van der Waals surface area contributed by atoms with E-state index >= 15 is 0 Å². The third kappa shape index (κ3) is 8.27. The van der Waals surface area contributed by atoms with Gasteiger partial charge in [0.1, 0.15) is 0 Å². The Labute approximate surface area is 315 Å². The number of rotatable bonds is 22. The summed E-state index contributed by atoms with van der Waals surface area (Å²) >= 11 is 0. The molecule has 4 heteroatoms. The molecule has 0 atom stereocenters. The summed E-state index contributed by atoms with van der Waals surface area (Å²) < 4.78 is 0. The molecule has 8 aromatic rings. The molecule has 0 aliphatic rings. The molecule has 0 radical (unpaired) electrons. The Balaban J connectivity index is 0.618. The largest absolute Gasteiger partial charge is 0.317 e. The fraction of sp³-hybridized carbons (Fsp3) is 0.347. The predicted molar refractivity (Wildman–Crippen MR) is 231 cm³/mol. The highest BCUT2D eigenvalue weighted by molar-refractivity contribution is 6.24. The highest BCUT2D eigenvalue weighted by atomic mass is 14.9. The molecule has 0 bridgehead atoms. The Hall–Kier alpha value is -4.32. The zero-order valence-corrected chi connectivity index (χ0v) is 31.4. The third-order valence-corrected chi connectivity index (χ3v) is 11.4. The Bertz CT molecular complexity index is 2190. The molecular weight excluding hydrogens is 645 g/mol. The maximum absolute atomic E-state index is 3.67. The van der Waals surface area contributed by atoms with E-state index in [1.165, 1.54) is 121 Å². The normalized spacial score (nSPS) is 12.2. The molecule has 4 nitrogen and oxygen atoms in total. The number of aryl methyl sites for hydroxylation is 2. The van der Waals surface area contributed by atoms with Crippen LogP contribution in [0.1, 0.15) is 56.1 Å². The van der Waals surface area contributed by atoms with Crippen molar-refractivity contribution >= 4 is 64.6 Å². The van der Waals surface area contributed by atoms with E-state index in [1.807, 2.05) is 0 Å². The second-order valence-electron chi connectivity index (χ2n) is 15.1. The van der Waals surface area contributed by atoms with Gasteiger partial charge in [-0.15, -0.1) is 0 Å². The molecule has 0 fully saturated rings. The summed E-state index contributed by atoms with van der Waals surface area (Å²) in [5.41, 5.74) is 2.99. The van der Waals surface area contributed by atoms with E-state index in [2.05, 4.69) is 130 Å². The number of nitrogens with one attached hydrogen (secondary N) is 4. The molecule has 0 amide bonds. The van der Waals surface area contributed by atoms with Crippen molar-refractivity contribution in [1.29, 1.82) is 0 Å². The lowest BCUT2D eigenvalue weighted by molar-refractivity contribution is 0.543. The summed E-state index contributed by atoms with van der Waals surface area (Å²) in [4.78, 5) is 0. The second kappa shape index (κ2) is 17.7. The smallest absolute Gasteiger partial charge is 0.00240 e. The van der Waals surface area contributed by atoms with Crippen LogP contribution < -0.4 is 21.3 Å². The van der Waals surface area contributed by atoms with E-state index in [1.54, 1.807) is 0 Å². The van der Waals surface area contributed by atoms with Crippen LogP contribution in [0.3, 0.4) is 0 Å². The van der Waals surface area contributed by atoms with Crippen molar-refractivity contribution in [3.05, 3.63) is 120 Å². The molecular formula is C49H56N4. The molecule has 8 rings (SSSR count). The molecule has 53 heavy (non-hydrogen) atoms. The van der Waals surface area contributed by atoms with Crippen molar-refractivity contribution < 1.29 is 0 Å². The molecule has 0 heterocycles. The predicted octanol–water partition coefficient (Wildman–Crippen LogP) is 10.4. The van der Waals surface area contributed by atoms with Crippen LogP contribution in [0.4, 0.5) is 0 Å². The summed E-state index contributed by atoms with van der Waals surface area (Å²) in [7, 11) is 0. The van der Waals surface area contributed by atoms with Crippen LogP contribution in [0.2, 0.25) is 0 Å².